The summed E-state index contributed by atoms with van der Waals surface area (Å²) < 4.78 is 5.65. The highest BCUT2D eigenvalue weighted by Gasteiger charge is 2.21. The molecule has 1 atom stereocenters. The van der Waals surface area contributed by atoms with Crippen LogP contribution in [-0.4, -0.2) is 32.2 Å². The molecule has 1 unspecified atom stereocenters. The Morgan fingerprint density at radius 1 is 1.24 bits per heavy atom. The van der Waals surface area contributed by atoms with Gasteiger partial charge in [0.1, 0.15) is 5.75 Å². The molecule has 130 valence electrons. The van der Waals surface area contributed by atoms with Gasteiger partial charge in [-0.1, -0.05) is 18.2 Å². The fraction of sp³-hybridized carbons (Fsp3) is 0.333. The molecule has 0 aliphatic carbocycles. The van der Waals surface area contributed by atoms with Crippen molar-refractivity contribution >= 4 is 16.6 Å². The number of aromatic amines is 1. The van der Waals surface area contributed by atoms with Gasteiger partial charge in [0.25, 0.3) is 0 Å². The number of nitrogens with one attached hydrogen (secondary N) is 3. The van der Waals surface area contributed by atoms with Crippen LogP contribution in [0.15, 0.2) is 42.6 Å². The first kappa shape index (κ1) is 16.0. The first-order chi connectivity index (χ1) is 12.3. The lowest BCUT2D eigenvalue weighted by Crippen LogP contribution is -2.13. The van der Waals surface area contributed by atoms with Crippen molar-refractivity contribution in [2.24, 2.45) is 0 Å². The van der Waals surface area contributed by atoms with Crippen molar-refractivity contribution in [3.05, 3.63) is 59.3 Å². The Labute approximate surface area is 148 Å². The molecule has 3 aromatic rings. The van der Waals surface area contributed by atoms with Gasteiger partial charge in [-0.3, -0.25) is 0 Å². The Balaban J connectivity index is 1.82. The number of benzene rings is 2. The summed E-state index contributed by atoms with van der Waals surface area (Å²) in [4.78, 5) is 3.43. The van der Waals surface area contributed by atoms with Gasteiger partial charge in [-0.15, -0.1) is 0 Å². The summed E-state index contributed by atoms with van der Waals surface area (Å²) in [5, 5.41) is 7.96. The number of rotatable bonds is 6. The van der Waals surface area contributed by atoms with Crippen LogP contribution in [0.5, 0.6) is 5.75 Å². The zero-order valence-corrected chi connectivity index (χ0v) is 14.9. The van der Waals surface area contributed by atoms with E-state index in [1.54, 1.807) is 7.11 Å². The van der Waals surface area contributed by atoms with Crippen LogP contribution >= 0.6 is 0 Å². The fourth-order valence-corrected chi connectivity index (χ4v) is 3.95. The molecule has 2 aromatic carbocycles. The molecule has 0 saturated heterocycles. The van der Waals surface area contributed by atoms with E-state index in [1.807, 2.05) is 19.2 Å². The SMILES string of the molecule is CNCCC(c1ccc2c(c1)CCN2)c1c[nH]c2cccc(OC)c12. The largest absolute Gasteiger partial charge is 0.496 e. The maximum Gasteiger partial charge on any atom is 0.128 e. The highest BCUT2D eigenvalue weighted by Crippen LogP contribution is 2.39. The summed E-state index contributed by atoms with van der Waals surface area (Å²) in [7, 11) is 3.76. The molecule has 0 fully saturated rings. The maximum absolute atomic E-state index is 5.65. The number of methoxy groups -OCH3 is 1. The van der Waals surface area contributed by atoms with E-state index in [1.165, 1.54) is 27.8 Å². The third kappa shape index (κ3) is 2.87. The summed E-state index contributed by atoms with van der Waals surface area (Å²) in [6.07, 6.45) is 4.31. The van der Waals surface area contributed by atoms with Gasteiger partial charge >= 0.3 is 0 Å². The van der Waals surface area contributed by atoms with Gasteiger partial charge in [-0.2, -0.15) is 0 Å². The zero-order valence-electron chi connectivity index (χ0n) is 14.9. The van der Waals surface area contributed by atoms with Crippen LogP contribution in [0.1, 0.15) is 29.0 Å². The first-order valence-corrected chi connectivity index (χ1v) is 8.97. The highest BCUT2D eigenvalue weighted by atomic mass is 16.5. The van der Waals surface area contributed by atoms with Crippen molar-refractivity contribution in [1.29, 1.82) is 0 Å². The zero-order chi connectivity index (χ0) is 17.2. The Bertz CT molecular complexity index is 884. The number of hydrogen-bond donors (Lipinski definition) is 3. The number of aromatic nitrogens is 1. The van der Waals surface area contributed by atoms with Crippen LogP contribution in [0, 0.1) is 0 Å². The van der Waals surface area contributed by atoms with Crippen molar-refractivity contribution in [3.8, 4) is 5.75 Å². The predicted octanol–water partition coefficient (Wildman–Crippen LogP) is 3.89. The van der Waals surface area contributed by atoms with E-state index < -0.39 is 0 Å². The van der Waals surface area contributed by atoms with Crippen molar-refractivity contribution in [2.45, 2.75) is 18.8 Å². The van der Waals surface area contributed by atoms with E-state index in [-0.39, 0.29) is 0 Å². The summed E-state index contributed by atoms with van der Waals surface area (Å²) in [5.41, 5.74) is 6.54. The molecule has 0 amide bonds. The van der Waals surface area contributed by atoms with Gasteiger partial charge in [-0.05, 0) is 61.3 Å². The van der Waals surface area contributed by atoms with E-state index in [0.717, 1.165) is 37.2 Å². The Morgan fingerprint density at radius 2 is 2.16 bits per heavy atom. The van der Waals surface area contributed by atoms with Gasteiger partial charge in [0.2, 0.25) is 0 Å². The average Bonchev–Trinajstić information content (AvgIpc) is 3.28. The van der Waals surface area contributed by atoms with E-state index in [4.69, 9.17) is 4.74 Å². The first-order valence-electron chi connectivity index (χ1n) is 8.97. The minimum Gasteiger partial charge on any atom is -0.496 e. The van der Waals surface area contributed by atoms with Crippen molar-refractivity contribution < 1.29 is 4.74 Å². The molecular formula is C21H25N3O. The molecule has 4 nitrogen and oxygen atoms in total. The van der Waals surface area contributed by atoms with Gasteiger partial charge in [0, 0.05) is 35.2 Å². The van der Waals surface area contributed by atoms with Crippen LogP contribution in [0.4, 0.5) is 5.69 Å². The van der Waals surface area contributed by atoms with E-state index >= 15 is 0 Å². The molecule has 4 rings (SSSR count). The molecule has 1 aliphatic heterocycles. The second kappa shape index (κ2) is 6.81. The third-order valence-electron chi connectivity index (χ3n) is 5.22. The lowest BCUT2D eigenvalue weighted by Gasteiger charge is -2.19. The summed E-state index contributed by atoms with van der Waals surface area (Å²) in [5.74, 6) is 1.27. The number of hydrogen-bond acceptors (Lipinski definition) is 3. The molecule has 0 bridgehead atoms. The predicted molar refractivity (Wildman–Crippen MR) is 104 cm³/mol. The number of ether oxygens (including phenoxy) is 1. The van der Waals surface area contributed by atoms with E-state index in [2.05, 4.69) is 46.1 Å². The van der Waals surface area contributed by atoms with Gasteiger partial charge in [-0.25, -0.2) is 0 Å². The molecule has 1 aromatic heterocycles. The Hall–Kier alpha value is -2.46. The highest BCUT2D eigenvalue weighted by molar-refractivity contribution is 5.90. The number of H-pyrrole nitrogens is 1. The number of anilines is 1. The van der Waals surface area contributed by atoms with Crippen LogP contribution in [0.25, 0.3) is 10.9 Å². The van der Waals surface area contributed by atoms with Crippen molar-refractivity contribution in [2.75, 3.05) is 32.6 Å². The molecule has 0 radical (unpaired) electrons. The van der Waals surface area contributed by atoms with Crippen molar-refractivity contribution in [3.63, 3.8) is 0 Å². The van der Waals surface area contributed by atoms with Crippen LogP contribution in [0.3, 0.4) is 0 Å². The average molecular weight is 335 g/mol. The topological polar surface area (TPSA) is 49.1 Å². The minimum atomic E-state index is 0.336. The molecule has 0 saturated carbocycles. The molecule has 2 heterocycles. The fourth-order valence-electron chi connectivity index (χ4n) is 3.95. The van der Waals surface area contributed by atoms with Crippen LogP contribution in [0.2, 0.25) is 0 Å². The maximum atomic E-state index is 5.65. The van der Waals surface area contributed by atoms with E-state index in [0.29, 0.717) is 5.92 Å². The Kier molecular flexibility index (Phi) is 4.36. The van der Waals surface area contributed by atoms with Gasteiger partial charge in [0.05, 0.1) is 7.11 Å². The molecule has 3 N–H and O–H groups in total. The van der Waals surface area contributed by atoms with Crippen LogP contribution < -0.4 is 15.4 Å². The lowest BCUT2D eigenvalue weighted by atomic mass is 9.87. The lowest BCUT2D eigenvalue weighted by molar-refractivity contribution is 0.419. The third-order valence-corrected chi connectivity index (χ3v) is 5.22. The molecule has 1 aliphatic rings. The summed E-state index contributed by atoms with van der Waals surface area (Å²) in [6.45, 7) is 2.02. The Morgan fingerprint density at radius 3 is 3.00 bits per heavy atom. The van der Waals surface area contributed by atoms with Gasteiger partial charge in [0.15, 0.2) is 0 Å². The second-order valence-corrected chi connectivity index (χ2v) is 6.67. The van der Waals surface area contributed by atoms with E-state index in [9.17, 15) is 0 Å². The normalized spacial score (nSPS) is 14.3. The molecule has 25 heavy (non-hydrogen) atoms. The van der Waals surface area contributed by atoms with Crippen molar-refractivity contribution in [1.82, 2.24) is 10.3 Å². The van der Waals surface area contributed by atoms with Crippen LogP contribution in [-0.2, 0) is 6.42 Å². The summed E-state index contributed by atoms with van der Waals surface area (Å²) >= 11 is 0. The number of fused-ring (bicyclic) bond motifs is 2. The standard InChI is InChI=1S/C21H25N3O/c1-22-10-9-16(14-6-7-18-15(12-14)8-11-23-18)17-13-24-19-4-3-5-20(25-2)21(17)19/h3-7,12-13,16,22-24H,8-11H2,1-2H3. The molecule has 0 spiro atoms. The quantitative estimate of drug-likeness (QED) is 0.640. The second-order valence-electron chi connectivity index (χ2n) is 6.67. The molecule has 4 heteroatoms. The molecular weight excluding hydrogens is 310 g/mol. The van der Waals surface area contributed by atoms with Gasteiger partial charge < -0.3 is 20.4 Å². The summed E-state index contributed by atoms with van der Waals surface area (Å²) in [6, 6.07) is 13.1. The monoisotopic (exact) mass is 335 g/mol. The smallest absolute Gasteiger partial charge is 0.128 e. The minimum absolute atomic E-state index is 0.336.